The summed E-state index contributed by atoms with van der Waals surface area (Å²) in [6.07, 6.45) is 0. The van der Waals surface area contributed by atoms with Gasteiger partial charge < -0.3 is 24.4 Å². The molecule has 0 amide bonds. The van der Waals surface area contributed by atoms with Crippen molar-refractivity contribution in [2.75, 3.05) is 27.1 Å². The second-order valence-electron chi connectivity index (χ2n) is 5.32. The van der Waals surface area contributed by atoms with Crippen LogP contribution < -0.4 is 19.9 Å². The van der Waals surface area contributed by atoms with Crippen LogP contribution in [0.15, 0.2) is 34.7 Å². The molecule has 130 valence electrons. The summed E-state index contributed by atoms with van der Waals surface area (Å²) in [6.45, 7) is 1.87. The SMILES string of the molecule is COc1cc(-c2cc(-c3ccc(C)o3)nc(N)n2)cc(OC)c1OC. The molecule has 7 heteroatoms. The lowest BCUT2D eigenvalue weighted by molar-refractivity contribution is 0.324. The van der Waals surface area contributed by atoms with E-state index in [1.165, 1.54) is 0 Å². The third-order valence-corrected chi connectivity index (χ3v) is 3.70. The number of ether oxygens (including phenoxy) is 3. The lowest BCUT2D eigenvalue weighted by atomic mass is 10.1. The summed E-state index contributed by atoms with van der Waals surface area (Å²) in [4.78, 5) is 8.56. The average Bonchev–Trinajstić information content (AvgIpc) is 3.06. The standard InChI is InChI=1S/C18H19N3O4/c1-10-5-6-14(25-10)13-9-12(20-18(19)21-13)11-7-15(22-2)17(24-4)16(8-11)23-3/h5-9H,1-4H3,(H2,19,20,21). The molecule has 0 unspecified atom stereocenters. The van der Waals surface area contributed by atoms with E-state index in [9.17, 15) is 0 Å². The van der Waals surface area contributed by atoms with Crippen molar-refractivity contribution in [3.8, 4) is 40.0 Å². The van der Waals surface area contributed by atoms with Gasteiger partial charge in [0.25, 0.3) is 0 Å². The molecule has 3 aromatic rings. The van der Waals surface area contributed by atoms with E-state index in [0.717, 1.165) is 11.3 Å². The maximum absolute atomic E-state index is 5.89. The molecule has 7 nitrogen and oxygen atoms in total. The number of aryl methyl sites for hydroxylation is 1. The van der Waals surface area contributed by atoms with E-state index in [2.05, 4.69) is 9.97 Å². The Bertz CT molecular complexity index is 880. The quantitative estimate of drug-likeness (QED) is 0.761. The van der Waals surface area contributed by atoms with Gasteiger partial charge in [0, 0.05) is 5.56 Å². The summed E-state index contributed by atoms with van der Waals surface area (Å²) in [5, 5.41) is 0. The van der Waals surface area contributed by atoms with E-state index in [0.29, 0.717) is 34.4 Å². The van der Waals surface area contributed by atoms with Crippen molar-refractivity contribution < 1.29 is 18.6 Å². The van der Waals surface area contributed by atoms with E-state index in [1.807, 2.05) is 19.1 Å². The van der Waals surface area contributed by atoms with Crippen LogP contribution in [0.25, 0.3) is 22.7 Å². The number of anilines is 1. The smallest absolute Gasteiger partial charge is 0.221 e. The third kappa shape index (κ3) is 3.21. The molecule has 0 radical (unpaired) electrons. The summed E-state index contributed by atoms with van der Waals surface area (Å²) >= 11 is 0. The molecular weight excluding hydrogens is 322 g/mol. The largest absolute Gasteiger partial charge is 0.493 e. The number of hydrogen-bond acceptors (Lipinski definition) is 7. The van der Waals surface area contributed by atoms with E-state index < -0.39 is 0 Å². The lowest BCUT2D eigenvalue weighted by Crippen LogP contribution is -2.00. The molecule has 1 aromatic carbocycles. The minimum atomic E-state index is 0.148. The summed E-state index contributed by atoms with van der Waals surface area (Å²) in [5.41, 5.74) is 7.87. The van der Waals surface area contributed by atoms with Crippen molar-refractivity contribution in [1.82, 2.24) is 9.97 Å². The van der Waals surface area contributed by atoms with Crippen molar-refractivity contribution in [3.05, 3.63) is 36.1 Å². The Kier molecular flexibility index (Phi) is 4.47. The Morgan fingerprint density at radius 2 is 1.52 bits per heavy atom. The van der Waals surface area contributed by atoms with Crippen LogP contribution in [0.2, 0.25) is 0 Å². The molecule has 0 aliphatic heterocycles. The summed E-state index contributed by atoms with van der Waals surface area (Å²) in [5.74, 6) is 3.14. The molecule has 2 heterocycles. The van der Waals surface area contributed by atoms with E-state index in [1.54, 1.807) is 39.5 Å². The van der Waals surface area contributed by atoms with Crippen LogP contribution in [0.1, 0.15) is 5.76 Å². The zero-order valence-electron chi connectivity index (χ0n) is 14.5. The molecule has 2 aromatic heterocycles. The summed E-state index contributed by atoms with van der Waals surface area (Å²) < 4.78 is 21.8. The van der Waals surface area contributed by atoms with Gasteiger partial charge in [0.2, 0.25) is 11.7 Å². The molecule has 0 atom stereocenters. The van der Waals surface area contributed by atoms with Crippen LogP contribution in [0, 0.1) is 6.92 Å². The third-order valence-electron chi connectivity index (χ3n) is 3.70. The first-order valence-corrected chi connectivity index (χ1v) is 7.57. The van der Waals surface area contributed by atoms with Gasteiger partial charge >= 0.3 is 0 Å². The summed E-state index contributed by atoms with van der Waals surface area (Å²) in [7, 11) is 4.68. The maximum Gasteiger partial charge on any atom is 0.221 e. The number of furan rings is 1. The molecule has 0 aliphatic rings. The topological polar surface area (TPSA) is 92.6 Å². The van der Waals surface area contributed by atoms with Crippen molar-refractivity contribution >= 4 is 5.95 Å². The number of nitrogen functional groups attached to an aromatic ring is 1. The Morgan fingerprint density at radius 3 is 2.04 bits per heavy atom. The normalized spacial score (nSPS) is 10.6. The van der Waals surface area contributed by atoms with Gasteiger partial charge in [-0.25, -0.2) is 9.97 Å². The number of methoxy groups -OCH3 is 3. The molecule has 0 bridgehead atoms. The number of rotatable bonds is 5. The fourth-order valence-corrected chi connectivity index (χ4v) is 2.54. The zero-order chi connectivity index (χ0) is 18.0. The lowest BCUT2D eigenvalue weighted by Gasteiger charge is -2.14. The van der Waals surface area contributed by atoms with Crippen LogP contribution in [0.4, 0.5) is 5.95 Å². The van der Waals surface area contributed by atoms with Gasteiger partial charge in [0.05, 0.1) is 27.0 Å². The predicted octanol–water partition coefficient (Wildman–Crippen LogP) is 3.32. The zero-order valence-corrected chi connectivity index (χ0v) is 14.5. The number of hydrogen-bond donors (Lipinski definition) is 1. The highest BCUT2D eigenvalue weighted by Gasteiger charge is 2.16. The average molecular weight is 341 g/mol. The Hall–Kier alpha value is -3.22. The van der Waals surface area contributed by atoms with Crippen LogP contribution in [-0.4, -0.2) is 31.3 Å². The van der Waals surface area contributed by atoms with Gasteiger partial charge in [0.15, 0.2) is 17.3 Å². The van der Waals surface area contributed by atoms with Crippen LogP contribution in [0.3, 0.4) is 0 Å². The number of aromatic nitrogens is 2. The second-order valence-corrected chi connectivity index (χ2v) is 5.32. The highest BCUT2D eigenvalue weighted by atomic mass is 16.5. The van der Waals surface area contributed by atoms with Crippen LogP contribution in [-0.2, 0) is 0 Å². The van der Waals surface area contributed by atoms with E-state index in [4.69, 9.17) is 24.4 Å². The Morgan fingerprint density at radius 1 is 0.880 bits per heavy atom. The van der Waals surface area contributed by atoms with Gasteiger partial charge in [-0.1, -0.05) is 0 Å². The molecule has 0 spiro atoms. The summed E-state index contributed by atoms with van der Waals surface area (Å²) in [6, 6.07) is 9.12. The van der Waals surface area contributed by atoms with Gasteiger partial charge in [-0.15, -0.1) is 0 Å². The van der Waals surface area contributed by atoms with Gasteiger partial charge in [-0.3, -0.25) is 0 Å². The molecule has 0 fully saturated rings. The number of nitrogens with zero attached hydrogens (tertiary/aromatic N) is 2. The van der Waals surface area contributed by atoms with Crippen LogP contribution >= 0.6 is 0 Å². The first kappa shape index (κ1) is 16.6. The van der Waals surface area contributed by atoms with Crippen molar-refractivity contribution in [2.45, 2.75) is 6.92 Å². The highest BCUT2D eigenvalue weighted by molar-refractivity contribution is 5.72. The van der Waals surface area contributed by atoms with Crippen molar-refractivity contribution in [3.63, 3.8) is 0 Å². The predicted molar refractivity (Wildman–Crippen MR) is 94.0 cm³/mol. The number of benzene rings is 1. The van der Waals surface area contributed by atoms with E-state index >= 15 is 0 Å². The minimum absolute atomic E-state index is 0.148. The molecule has 0 saturated carbocycles. The van der Waals surface area contributed by atoms with E-state index in [-0.39, 0.29) is 5.95 Å². The molecule has 2 N–H and O–H groups in total. The van der Waals surface area contributed by atoms with Gasteiger partial charge in [0.1, 0.15) is 11.5 Å². The van der Waals surface area contributed by atoms with Crippen molar-refractivity contribution in [2.24, 2.45) is 0 Å². The monoisotopic (exact) mass is 341 g/mol. The number of nitrogens with two attached hydrogens (primary N) is 1. The minimum Gasteiger partial charge on any atom is -0.493 e. The van der Waals surface area contributed by atoms with Crippen LogP contribution in [0.5, 0.6) is 17.2 Å². The van der Waals surface area contributed by atoms with Gasteiger partial charge in [-0.2, -0.15) is 0 Å². The molecule has 3 rings (SSSR count). The fourth-order valence-electron chi connectivity index (χ4n) is 2.54. The Labute approximate surface area is 145 Å². The highest BCUT2D eigenvalue weighted by Crippen LogP contribution is 2.41. The fraction of sp³-hybridized carbons (Fsp3) is 0.222. The molecule has 25 heavy (non-hydrogen) atoms. The van der Waals surface area contributed by atoms with Gasteiger partial charge in [-0.05, 0) is 37.3 Å². The molecule has 0 saturated heterocycles. The maximum atomic E-state index is 5.89. The first-order valence-electron chi connectivity index (χ1n) is 7.57. The second kappa shape index (κ2) is 6.72. The molecule has 0 aliphatic carbocycles. The first-order chi connectivity index (χ1) is 12.0. The Balaban J connectivity index is 2.14. The molecular formula is C18H19N3O4. The van der Waals surface area contributed by atoms with Crippen molar-refractivity contribution in [1.29, 1.82) is 0 Å².